The van der Waals surface area contributed by atoms with Gasteiger partial charge >= 0.3 is 0 Å². The summed E-state index contributed by atoms with van der Waals surface area (Å²) in [5.74, 6) is 0. The number of aromatic nitrogens is 1. The first-order valence-electron chi connectivity index (χ1n) is 11.9. The first-order valence-corrected chi connectivity index (χ1v) is 15.0. The monoisotopic (exact) mass is 534 g/mol. The molecule has 168 valence electrons. The summed E-state index contributed by atoms with van der Waals surface area (Å²) in [6.07, 6.45) is 0. The summed E-state index contributed by atoms with van der Waals surface area (Å²) in [7, 11) is -1.19. The van der Waals surface area contributed by atoms with Crippen LogP contribution in [0.5, 0.6) is 0 Å². The molecule has 0 spiro atoms. The third kappa shape index (κ3) is 3.32. The van der Waals surface area contributed by atoms with Crippen LogP contribution in [0.15, 0.2) is 90.5 Å². The second-order valence-electron chi connectivity index (χ2n) is 10.3. The second kappa shape index (κ2) is 8.40. The van der Waals surface area contributed by atoms with Crippen LogP contribution in [0, 0.1) is 13.8 Å². The van der Waals surface area contributed by atoms with Crippen LogP contribution in [-0.2, 0) is 26.2 Å². The molecule has 0 N–H and O–H groups in total. The maximum Gasteiger partial charge on any atom is 0.0950 e. The van der Waals surface area contributed by atoms with Crippen molar-refractivity contribution < 1.29 is 26.2 Å². The minimum absolute atomic E-state index is 0. The maximum absolute atomic E-state index is 2.52. The Bertz CT molecular complexity index is 1570. The van der Waals surface area contributed by atoms with Gasteiger partial charge in [-0.1, -0.05) is 79.5 Å². The number of benzene rings is 3. The van der Waals surface area contributed by atoms with Crippen molar-refractivity contribution >= 4 is 34.8 Å². The van der Waals surface area contributed by atoms with Crippen molar-refractivity contribution in [2.75, 3.05) is 0 Å². The van der Waals surface area contributed by atoms with Gasteiger partial charge in [0.2, 0.25) is 0 Å². The Morgan fingerprint density at radius 2 is 1.50 bits per heavy atom. The molecule has 4 aromatic carbocycles. The molecule has 2 bridgehead atoms. The summed E-state index contributed by atoms with van der Waals surface area (Å²) in [6, 6.07) is 30.6. The number of allylic oxidation sites excluding steroid dienone is 1. The molecule has 0 amide bonds. The normalized spacial score (nSPS) is 17.1. The molecule has 0 fully saturated rings. The number of para-hydroxylation sites is 1. The van der Waals surface area contributed by atoms with Gasteiger partial charge in [0.15, 0.2) is 0 Å². The molecule has 3 heterocycles. The number of hydrogen-bond acceptors (Lipinski definition) is 0. The second-order valence-corrected chi connectivity index (χ2v) is 14.8. The molecular weight excluding hydrogens is 506 g/mol. The van der Waals surface area contributed by atoms with Gasteiger partial charge in [0.1, 0.15) is 0 Å². The Morgan fingerprint density at radius 3 is 2.24 bits per heavy atom. The first kappa shape index (κ1) is 23.4. The zero-order valence-electron chi connectivity index (χ0n) is 20.6. The van der Waals surface area contributed by atoms with Gasteiger partial charge < -0.3 is 4.57 Å². The Balaban J connectivity index is 0.000000144. The van der Waals surface area contributed by atoms with Crippen molar-refractivity contribution in [3.05, 3.63) is 113 Å². The van der Waals surface area contributed by atoms with Gasteiger partial charge in [0, 0.05) is 48.8 Å². The average molecular weight is 536 g/mol. The predicted molar refractivity (Wildman–Crippen MR) is 145 cm³/mol. The average Bonchev–Trinajstić information content (AvgIpc) is 3.48. The minimum atomic E-state index is -1.19. The van der Waals surface area contributed by atoms with Crippen LogP contribution in [0.25, 0.3) is 32.4 Å². The summed E-state index contributed by atoms with van der Waals surface area (Å²) in [4.78, 5) is 0. The molecule has 1 atom stereocenters. The molecule has 1 aliphatic carbocycles. The summed E-state index contributed by atoms with van der Waals surface area (Å²) in [5.41, 5.74) is 9.58. The van der Waals surface area contributed by atoms with E-state index in [4.69, 9.17) is 0 Å². The van der Waals surface area contributed by atoms with Gasteiger partial charge in [-0.3, -0.25) is 0 Å². The molecule has 5 aromatic rings. The molecule has 1 aromatic heterocycles. The molecule has 3 aliphatic rings. The summed E-state index contributed by atoms with van der Waals surface area (Å²) < 4.78 is 2.47. The molecule has 1 unspecified atom stereocenters. The van der Waals surface area contributed by atoms with Crippen LogP contribution in [0.4, 0.5) is 0 Å². The van der Waals surface area contributed by atoms with Gasteiger partial charge in [-0.2, -0.15) is 6.07 Å². The van der Waals surface area contributed by atoms with E-state index in [2.05, 4.69) is 123 Å². The summed E-state index contributed by atoms with van der Waals surface area (Å²) in [6.45, 7) is 11.8. The predicted octanol–water partition coefficient (Wildman–Crippen LogP) is 8.47. The van der Waals surface area contributed by atoms with E-state index in [0.29, 0.717) is 0 Å². The van der Waals surface area contributed by atoms with E-state index in [1.807, 2.05) is 0 Å². The molecule has 2 aliphatic heterocycles. The molecule has 0 saturated carbocycles. The third-order valence-corrected chi connectivity index (χ3v) is 11.8. The molecule has 1 nitrogen and oxygen atoms in total. The fraction of sp³-hybridized carbons (Fsp3) is 0.194. The quantitative estimate of drug-likeness (QED) is 0.150. The number of fused-ring (bicyclic) bond motifs is 3. The molecule has 0 radical (unpaired) electrons. The maximum atomic E-state index is 2.52. The minimum Gasteiger partial charge on any atom is -0.314 e. The van der Waals surface area contributed by atoms with Crippen LogP contribution in [0.2, 0.25) is 13.1 Å². The number of hydrogen-bond donors (Lipinski definition) is 0. The van der Waals surface area contributed by atoms with Crippen molar-refractivity contribution in [2.45, 2.75) is 39.4 Å². The van der Waals surface area contributed by atoms with Gasteiger partial charge in [-0.25, -0.2) is 0 Å². The molecule has 3 heteroatoms. The van der Waals surface area contributed by atoms with Crippen molar-refractivity contribution in [3.8, 4) is 5.69 Å². The molecular formula is C31H30NSiZr-. The van der Waals surface area contributed by atoms with Crippen LogP contribution >= 0.6 is 0 Å². The third-order valence-electron chi connectivity index (χ3n) is 7.73. The van der Waals surface area contributed by atoms with E-state index in [9.17, 15) is 0 Å². The van der Waals surface area contributed by atoms with E-state index in [1.54, 1.807) is 16.3 Å². The number of rotatable bonds is 1. The first-order chi connectivity index (χ1) is 15.9. The van der Waals surface area contributed by atoms with E-state index in [-0.39, 0.29) is 26.2 Å². The van der Waals surface area contributed by atoms with Crippen molar-refractivity contribution in [1.82, 2.24) is 4.57 Å². The molecule has 0 saturated heterocycles. The van der Waals surface area contributed by atoms with Crippen LogP contribution < -0.4 is 0 Å². The standard InChI is InChI=1S/C17H19NSi.C14H11.Zr/c1-11-10-14-15(17-12(2)16(14)19(17,3)4)18(11)13-8-6-5-7-9-13;1-10-8-12-7-6-11-4-2-3-5-13(11)14(12)9-10;/h5-10,16H,1-4H3;2-9H,1H3;/q;-1;. The van der Waals surface area contributed by atoms with Gasteiger partial charge in [-0.05, 0) is 48.2 Å². The van der Waals surface area contributed by atoms with Crippen LogP contribution in [0.3, 0.4) is 0 Å². The Kier molecular flexibility index (Phi) is 5.78. The van der Waals surface area contributed by atoms with E-state index in [0.717, 1.165) is 5.54 Å². The van der Waals surface area contributed by atoms with Crippen LogP contribution in [0.1, 0.15) is 35.0 Å². The molecule has 34 heavy (non-hydrogen) atoms. The van der Waals surface area contributed by atoms with Crippen molar-refractivity contribution in [1.29, 1.82) is 0 Å². The van der Waals surface area contributed by atoms with Crippen LogP contribution in [-0.4, -0.2) is 12.6 Å². The largest absolute Gasteiger partial charge is 0.314 e. The zero-order valence-corrected chi connectivity index (χ0v) is 24.1. The van der Waals surface area contributed by atoms with E-state index < -0.39 is 8.07 Å². The van der Waals surface area contributed by atoms with Crippen molar-refractivity contribution in [2.24, 2.45) is 0 Å². The van der Waals surface area contributed by atoms with Gasteiger partial charge in [-0.15, -0.1) is 28.5 Å². The van der Waals surface area contributed by atoms with Gasteiger partial charge in [0.05, 0.1) is 8.07 Å². The van der Waals surface area contributed by atoms with Crippen molar-refractivity contribution in [3.63, 3.8) is 0 Å². The smallest absolute Gasteiger partial charge is 0.0950 e. The SMILES string of the molecule is CC1=C2c3c(cc(C)n3-c3ccccc3)C1[Si]2(C)C.Cc1cc2c(ccc3ccccc32)[cH-]1.[Zr]. The Morgan fingerprint density at radius 1 is 0.794 bits per heavy atom. The zero-order chi connectivity index (χ0) is 22.9. The Hall–Kier alpha value is -2.35. The molecule has 8 rings (SSSR count). The van der Waals surface area contributed by atoms with E-state index in [1.165, 1.54) is 44.2 Å². The Labute approximate surface area is 222 Å². The summed E-state index contributed by atoms with van der Waals surface area (Å²) in [5, 5.41) is 7.12. The van der Waals surface area contributed by atoms with Gasteiger partial charge in [0.25, 0.3) is 0 Å². The number of aryl methyl sites for hydroxylation is 2. The number of nitrogens with zero attached hydrogens (tertiary/aromatic N) is 1. The summed E-state index contributed by atoms with van der Waals surface area (Å²) >= 11 is 0. The topological polar surface area (TPSA) is 4.93 Å². The fourth-order valence-electron chi connectivity index (χ4n) is 6.54. The fourth-order valence-corrected chi connectivity index (χ4v) is 10.9. The van der Waals surface area contributed by atoms with E-state index >= 15 is 0 Å².